The first-order chi connectivity index (χ1) is 10.8. The molecule has 1 aliphatic heterocycles. The van der Waals surface area contributed by atoms with E-state index in [1.165, 1.54) is 24.1 Å². The minimum atomic E-state index is 0.530. The van der Waals surface area contributed by atoms with Gasteiger partial charge in [0.05, 0.1) is 18.4 Å². The summed E-state index contributed by atoms with van der Waals surface area (Å²) in [5.41, 5.74) is 2.60. The molecule has 4 rings (SSSR count). The molecule has 2 aromatic rings. The predicted octanol–water partition coefficient (Wildman–Crippen LogP) is 1.66. The van der Waals surface area contributed by atoms with Crippen LogP contribution in [0.15, 0.2) is 22.9 Å². The molecule has 2 aromatic heterocycles. The Bertz CT molecular complexity index is 636. The molecule has 0 bridgehead atoms. The van der Waals surface area contributed by atoms with E-state index in [0.29, 0.717) is 6.04 Å². The van der Waals surface area contributed by atoms with Gasteiger partial charge >= 0.3 is 0 Å². The van der Waals surface area contributed by atoms with Gasteiger partial charge in [0.15, 0.2) is 11.6 Å². The Hall–Kier alpha value is -1.95. The Morgan fingerprint density at radius 3 is 2.95 bits per heavy atom. The third kappa shape index (κ3) is 2.59. The zero-order chi connectivity index (χ0) is 14.9. The van der Waals surface area contributed by atoms with Gasteiger partial charge in [-0.2, -0.15) is 5.10 Å². The first kappa shape index (κ1) is 13.7. The molecule has 0 radical (unpaired) electrons. The van der Waals surface area contributed by atoms with Crippen molar-refractivity contribution in [1.82, 2.24) is 20.3 Å². The fourth-order valence-electron chi connectivity index (χ4n) is 3.25. The standard InChI is InChI=1S/C16H21N5O/c1-20(11-14-6-7-17-22-14)13-9-21(10-13)16-8-12-4-2-3-5-15(12)18-19-16/h6-8,13H,2-5,9-11H2,1H3. The molecule has 0 spiro atoms. The van der Waals surface area contributed by atoms with Gasteiger partial charge in [0.25, 0.3) is 0 Å². The van der Waals surface area contributed by atoms with Crippen LogP contribution in [0.3, 0.4) is 0 Å². The smallest absolute Gasteiger partial charge is 0.151 e. The average Bonchev–Trinajstić information content (AvgIpc) is 2.98. The van der Waals surface area contributed by atoms with Gasteiger partial charge in [0, 0.05) is 25.2 Å². The van der Waals surface area contributed by atoms with Crippen LogP contribution in [0.5, 0.6) is 0 Å². The lowest BCUT2D eigenvalue weighted by Gasteiger charge is -2.44. The Balaban J connectivity index is 1.36. The Labute approximate surface area is 130 Å². The van der Waals surface area contributed by atoms with Crippen molar-refractivity contribution in [1.29, 1.82) is 0 Å². The van der Waals surface area contributed by atoms with Gasteiger partial charge in [0.1, 0.15) is 0 Å². The van der Waals surface area contributed by atoms with Gasteiger partial charge in [0.2, 0.25) is 0 Å². The molecule has 0 atom stereocenters. The first-order valence-electron chi connectivity index (χ1n) is 8.00. The molecule has 1 aliphatic carbocycles. The summed E-state index contributed by atoms with van der Waals surface area (Å²) in [7, 11) is 2.13. The van der Waals surface area contributed by atoms with Gasteiger partial charge in [-0.1, -0.05) is 5.16 Å². The largest absolute Gasteiger partial charge is 0.360 e. The van der Waals surface area contributed by atoms with Crippen LogP contribution in [0, 0.1) is 0 Å². The number of rotatable bonds is 4. The second kappa shape index (κ2) is 5.68. The van der Waals surface area contributed by atoms with Gasteiger partial charge in [-0.25, -0.2) is 0 Å². The lowest BCUT2D eigenvalue weighted by atomic mass is 9.96. The van der Waals surface area contributed by atoms with Crippen molar-refractivity contribution in [2.75, 3.05) is 25.0 Å². The molecule has 0 aromatic carbocycles. The van der Waals surface area contributed by atoms with Crippen molar-refractivity contribution < 1.29 is 4.52 Å². The van der Waals surface area contributed by atoms with Crippen LogP contribution in [-0.2, 0) is 19.4 Å². The maximum absolute atomic E-state index is 5.17. The number of aryl methyl sites for hydroxylation is 2. The van der Waals surface area contributed by atoms with Crippen LogP contribution in [0.1, 0.15) is 29.9 Å². The van der Waals surface area contributed by atoms with E-state index in [0.717, 1.165) is 44.1 Å². The normalized spacial score (nSPS) is 18.4. The van der Waals surface area contributed by atoms with Crippen molar-refractivity contribution in [2.24, 2.45) is 0 Å². The zero-order valence-electron chi connectivity index (χ0n) is 12.9. The van der Waals surface area contributed by atoms with Crippen molar-refractivity contribution in [3.05, 3.63) is 35.3 Å². The quantitative estimate of drug-likeness (QED) is 0.856. The van der Waals surface area contributed by atoms with E-state index in [4.69, 9.17) is 4.52 Å². The molecule has 1 fully saturated rings. The number of anilines is 1. The predicted molar refractivity (Wildman–Crippen MR) is 82.6 cm³/mol. The Morgan fingerprint density at radius 1 is 1.27 bits per heavy atom. The molecular formula is C16H21N5O. The zero-order valence-corrected chi connectivity index (χ0v) is 12.9. The van der Waals surface area contributed by atoms with Crippen molar-refractivity contribution >= 4 is 5.82 Å². The number of aromatic nitrogens is 3. The molecule has 0 amide bonds. The summed E-state index contributed by atoms with van der Waals surface area (Å²) in [6.07, 6.45) is 6.46. The number of likely N-dealkylation sites (N-methyl/N-ethyl adjacent to an activating group) is 1. The molecule has 0 saturated carbocycles. The topological polar surface area (TPSA) is 58.3 Å². The average molecular weight is 299 g/mol. The van der Waals surface area contributed by atoms with Gasteiger partial charge in [-0.3, -0.25) is 4.90 Å². The second-order valence-electron chi connectivity index (χ2n) is 6.33. The van der Waals surface area contributed by atoms with E-state index in [-0.39, 0.29) is 0 Å². The summed E-state index contributed by atoms with van der Waals surface area (Å²) >= 11 is 0. The molecule has 1 saturated heterocycles. The summed E-state index contributed by atoms with van der Waals surface area (Å²) in [4.78, 5) is 4.62. The molecule has 6 heteroatoms. The van der Waals surface area contributed by atoms with Crippen molar-refractivity contribution in [3.8, 4) is 0 Å². The molecule has 0 unspecified atom stereocenters. The highest BCUT2D eigenvalue weighted by Gasteiger charge is 2.32. The van der Waals surface area contributed by atoms with E-state index in [1.54, 1.807) is 6.20 Å². The molecule has 0 N–H and O–H groups in total. The fraction of sp³-hybridized carbons (Fsp3) is 0.562. The van der Waals surface area contributed by atoms with E-state index < -0.39 is 0 Å². The highest BCUT2D eigenvalue weighted by molar-refractivity contribution is 5.45. The van der Waals surface area contributed by atoms with Crippen LogP contribution in [-0.4, -0.2) is 46.4 Å². The van der Waals surface area contributed by atoms with E-state index in [2.05, 4.69) is 38.3 Å². The number of fused-ring (bicyclic) bond motifs is 1. The van der Waals surface area contributed by atoms with E-state index >= 15 is 0 Å². The molecule has 3 heterocycles. The maximum atomic E-state index is 5.17. The van der Waals surface area contributed by atoms with E-state index in [1.807, 2.05) is 6.07 Å². The van der Waals surface area contributed by atoms with Gasteiger partial charge in [-0.15, -0.1) is 5.10 Å². The molecule has 6 nitrogen and oxygen atoms in total. The SMILES string of the molecule is CN(Cc1ccno1)C1CN(c2cc3c(nn2)CCCC3)C1. The third-order valence-corrected chi connectivity index (χ3v) is 4.76. The van der Waals surface area contributed by atoms with Crippen molar-refractivity contribution in [2.45, 2.75) is 38.3 Å². The summed E-state index contributed by atoms with van der Waals surface area (Å²) in [5, 5.41) is 12.6. The highest BCUT2D eigenvalue weighted by Crippen LogP contribution is 2.26. The number of hydrogen-bond donors (Lipinski definition) is 0. The molecular weight excluding hydrogens is 278 g/mol. The molecule has 22 heavy (non-hydrogen) atoms. The monoisotopic (exact) mass is 299 g/mol. The minimum Gasteiger partial charge on any atom is -0.360 e. The lowest BCUT2D eigenvalue weighted by molar-refractivity contribution is 0.177. The van der Waals surface area contributed by atoms with Crippen molar-refractivity contribution in [3.63, 3.8) is 0 Å². The van der Waals surface area contributed by atoms with Crippen LogP contribution >= 0.6 is 0 Å². The molecule has 116 valence electrons. The third-order valence-electron chi connectivity index (χ3n) is 4.76. The second-order valence-corrected chi connectivity index (χ2v) is 6.33. The van der Waals surface area contributed by atoms with E-state index in [9.17, 15) is 0 Å². The number of hydrogen-bond acceptors (Lipinski definition) is 6. The Morgan fingerprint density at radius 2 is 2.14 bits per heavy atom. The van der Waals surface area contributed by atoms with Crippen LogP contribution < -0.4 is 4.90 Å². The first-order valence-corrected chi connectivity index (χ1v) is 8.00. The summed E-state index contributed by atoms with van der Waals surface area (Å²) in [6.45, 7) is 2.80. The highest BCUT2D eigenvalue weighted by atomic mass is 16.5. The minimum absolute atomic E-state index is 0.530. The van der Waals surface area contributed by atoms with Gasteiger partial charge < -0.3 is 9.42 Å². The summed E-state index contributed by atoms with van der Waals surface area (Å²) in [5.74, 6) is 1.94. The Kier molecular flexibility index (Phi) is 3.54. The van der Waals surface area contributed by atoms with Crippen LogP contribution in [0.4, 0.5) is 5.82 Å². The van der Waals surface area contributed by atoms with Gasteiger partial charge in [-0.05, 0) is 44.4 Å². The summed E-state index contributed by atoms with van der Waals surface area (Å²) < 4.78 is 5.17. The summed E-state index contributed by atoms with van der Waals surface area (Å²) in [6, 6.07) is 4.69. The number of nitrogens with zero attached hydrogens (tertiary/aromatic N) is 5. The van der Waals surface area contributed by atoms with Crippen LogP contribution in [0.25, 0.3) is 0 Å². The lowest BCUT2D eigenvalue weighted by Crippen LogP contribution is -2.58. The maximum Gasteiger partial charge on any atom is 0.151 e. The van der Waals surface area contributed by atoms with Crippen LogP contribution in [0.2, 0.25) is 0 Å². The molecule has 2 aliphatic rings. The fourth-order valence-corrected chi connectivity index (χ4v) is 3.25.